The predicted molar refractivity (Wildman–Crippen MR) is 52.6 cm³/mol. The maximum Gasteiger partial charge on any atom is 0.0711 e. The molecule has 0 fully saturated rings. The molecule has 0 aliphatic carbocycles. The Morgan fingerprint density at radius 1 is 1.58 bits per heavy atom. The number of hydrogen-bond acceptors (Lipinski definition) is 2. The van der Waals surface area contributed by atoms with Gasteiger partial charge in [-0.1, -0.05) is 6.58 Å². The van der Waals surface area contributed by atoms with Crippen molar-refractivity contribution in [3.63, 3.8) is 0 Å². The fourth-order valence-corrected chi connectivity index (χ4v) is 0.936. The van der Waals surface area contributed by atoms with Gasteiger partial charge in [-0.05, 0) is 29.8 Å². The number of nitrogens with zero attached hydrogens (tertiary/aromatic N) is 2. The first-order chi connectivity index (χ1) is 5.74. The number of pyridine rings is 1. The van der Waals surface area contributed by atoms with E-state index in [1.807, 2.05) is 25.3 Å². The molecule has 0 saturated heterocycles. The van der Waals surface area contributed by atoms with Gasteiger partial charge in [-0.3, -0.25) is 9.98 Å². The molecule has 1 aromatic heterocycles. The highest BCUT2D eigenvalue weighted by Crippen LogP contribution is 1.81. The van der Waals surface area contributed by atoms with Crippen molar-refractivity contribution >= 4 is 18.9 Å². The highest BCUT2D eigenvalue weighted by atomic mass is 14.7. The molecule has 1 rings (SSSR count). The third-order valence-electron chi connectivity index (χ3n) is 1.52. The van der Waals surface area contributed by atoms with Crippen molar-refractivity contribution in [2.24, 2.45) is 4.99 Å². The minimum atomic E-state index is 0.881. The van der Waals surface area contributed by atoms with Gasteiger partial charge < -0.3 is 0 Å². The van der Waals surface area contributed by atoms with Crippen LogP contribution in [0.15, 0.2) is 17.3 Å². The minimum Gasteiger partial charge on any atom is -0.296 e. The monoisotopic (exact) mass is 160 g/mol. The second-order valence-electron chi connectivity index (χ2n) is 2.63. The Bertz CT molecular complexity index is 391. The molecule has 0 amide bonds. The number of hydrogen-bond donors (Lipinski definition) is 0. The van der Waals surface area contributed by atoms with Crippen molar-refractivity contribution < 1.29 is 0 Å². The lowest BCUT2D eigenvalue weighted by Gasteiger charge is -1.89. The highest BCUT2D eigenvalue weighted by Gasteiger charge is 1.84. The molecule has 0 radical (unpaired) electrons. The van der Waals surface area contributed by atoms with E-state index in [-0.39, 0.29) is 0 Å². The largest absolute Gasteiger partial charge is 0.296 e. The first kappa shape index (κ1) is 8.65. The predicted octanol–water partition coefficient (Wildman–Crippen LogP) is 0.281. The zero-order valence-electron chi connectivity index (χ0n) is 7.41. The maximum absolute atomic E-state index is 4.21. The number of aromatic nitrogens is 1. The highest BCUT2D eigenvalue weighted by molar-refractivity contribution is 5.90. The normalized spacial score (nSPS) is 12.7. The fraction of sp³-hybridized carbons (Fsp3) is 0.200. The summed E-state index contributed by atoms with van der Waals surface area (Å²) in [6.07, 6.45) is 5.39. The van der Waals surface area contributed by atoms with Gasteiger partial charge >= 0.3 is 0 Å². The zero-order chi connectivity index (χ0) is 8.97. The number of aliphatic imine (C=N–C) groups is 1. The third kappa shape index (κ3) is 2.02. The summed E-state index contributed by atoms with van der Waals surface area (Å²) in [4.78, 5) is 8.05. The standard InChI is InChI=1S/C10H12N2/c1-8-6-9(2)10(12-7-8)4-5-11-3/h4-7H,2H2,1,3H3/b10-4+,11-5-. The Morgan fingerprint density at radius 3 is 2.92 bits per heavy atom. The van der Waals surface area contributed by atoms with E-state index in [1.54, 1.807) is 13.3 Å². The summed E-state index contributed by atoms with van der Waals surface area (Å²) >= 11 is 0. The van der Waals surface area contributed by atoms with Gasteiger partial charge in [0.25, 0.3) is 0 Å². The van der Waals surface area contributed by atoms with Gasteiger partial charge in [0.15, 0.2) is 0 Å². The topological polar surface area (TPSA) is 25.2 Å². The molecule has 2 heteroatoms. The maximum atomic E-state index is 4.21. The smallest absolute Gasteiger partial charge is 0.0711 e. The van der Waals surface area contributed by atoms with E-state index >= 15 is 0 Å². The van der Waals surface area contributed by atoms with Crippen molar-refractivity contribution in [2.45, 2.75) is 6.92 Å². The molecule has 0 saturated carbocycles. The summed E-state index contributed by atoms with van der Waals surface area (Å²) in [6.45, 7) is 5.88. The summed E-state index contributed by atoms with van der Waals surface area (Å²) in [6, 6.07) is 2.00. The molecule has 0 spiro atoms. The average Bonchev–Trinajstić information content (AvgIpc) is 2.03. The van der Waals surface area contributed by atoms with Crippen LogP contribution in [0.1, 0.15) is 5.56 Å². The van der Waals surface area contributed by atoms with E-state index in [4.69, 9.17) is 0 Å². The van der Waals surface area contributed by atoms with Crippen LogP contribution in [0, 0.1) is 6.92 Å². The Morgan fingerprint density at radius 2 is 2.33 bits per heavy atom. The fourth-order valence-electron chi connectivity index (χ4n) is 0.936. The molecule has 0 unspecified atom stereocenters. The first-order valence-electron chi connectivity index (χ1n) is 3.78. The Balaban J connectivity index is 3.28. The number of aryl methyl sites for hydroxylation is 1. The molecule has 12 heavy (non-hydrogen) atoms. The molecule has 0 aromatic carbocycles. The van der Waals surface area contributed by atoms with Crippen LogP contribution in [0.4, 0.5) is 0 Å². The quantitative estimate of drug-likeness (QED) is 0.542. The van der Waals surface area contributed by atoms with Crippen LogP contribution in [0.5, 0.6) is 0 Å². The molecule has 1 aromatic rings. The van der Waals surface area contributed by atoms with Gasteiger partial charge in [0.1, 0.15) is 0 Å². The lowest BCUT2D eigenvalue weighted by molar-refractivity contribution is 1.19. The summed E-state index contributed by atoms with van der Waals surface area (Å²) in [7, 11) is 1.73. The minimum absolute atomic E-state index is 0.881. The van der Waals surface area contributed by atoms with Crippen molar-refractivity contribution in [2.75, 3.05) is 7.05 Å². The lowest BCUT2D eigenvalue weighted by Crippen LogP contribution is -2.26. The van der Waals surface area contributed by atoms with E-state index in [1.165, 1.54) is 0 Å². The Kier molecular flexibility index (Phi) is 2.75. The van der Waals surface area contributed by atoms with Crippen molar-refractivity contribution in [3.8, 4) is 0 Å². The van der Waals surface area contributed by atoms with Crippen LogP contribution in [-0.2, 0) is 0 Å². The van der Waals surface area contributed by atoms with Gasteiger partial charge in [-0.15, -0.1) is 0 Å². The first-order valence-corrected chi connectivity index (χ1v) is 3.78. The van der Waals surface area contributed by atoms with Crippen molar-refractivity contribution in [3.05, 3.63) is 28.4 Å². The summed E-state index contributed by atoms with van der Waals surface area (Å²) in [5.41, 5.74) is 1.13. The van der Waals surface area contributed by atoms with E-state index in [0.717, 1.165) is 16.1 Å². The molecule has 0 aliphatic heterocycles. The summed E-state index contributed by atoms with van der Waals surface area (Å²) in [5.74, 6) is 0. The van der Waals surface area contributed by atoms with Gasteiger partial charge in [-0.25, -0.2) is 0 Å². The molecule has 2 nitrogen and oxygen atoms in total. The van der Waals surface area contributed by atoms with E-state index in [9.17, 15) is 0 Å². The van der Waals surface area contributed by atoms with Gasteiger partial charge in [0, 0.05) is 19.5 Å². The molecule has 0 N–H and O–H groups in total. The van der Waals surface area contributed by atoms with Crippen LogP contribution in [0.2, 0.25) is 0 Å². The average molecular weight is 160 g/mol. The molecular formula is C10H12N2. The molecular weight excluding hydrogens is 148 g/mol. The molecule has 0 aliphatic rings. The van der Waals surface area contributed by atoms with Gasteiger partial charge in [-0.2, -0.15) is 0 Å². The molecule has 0 atom stereocenters. The van der Waals surface area contributed by atoms with Crippen LogP contribution in [0.25, 0.3) is 12.7 Å². The van der Waals surface area contributed by atoms with E-state index in [0.29, 0.717) is 0 Å². The summed E-state index contributed by atoms with van der Waals surface area (Å²) < 4.78 is 0. The SMILES string of the molecule is C=c1cc(C)cn/c1=C/C=N\C. The Labute approximate surface area is 72.0 Å². The zero-order valence-corrected chi connectivity index (χ0v) is 7.41. The van der Waals surface area contributed by atoms with Gasteiger partial charge in [0.2, 0.25) is 0 Å². The van der Waals surface area contributed by atoms with Crippen molar-refractivity contribution in [1.82, 2.24) is 4.98 Å². The molecule has 0 bridgehead atoms. The second-order valence-corrected chi connectivity index (χ2v) is 2.63. The summed E-state index contributed by atoms with van der Waals surface area (Å²) in [5, 5.41) is 1.82. The van der Waals surface area contributed by atoms with Crippen LogP contribution < -0.4 is 10.6 Å². The van der Waals surface area contributed by atoms with Crippen LogP contribution >= 0.6 is 0 Å². The van der Waals surface area contributed by atoms with Crippen molar-refractivity contribution in [1.29, 1.82) is 0 Å². The van der Waals surface area contributed by atoms with E-state index in [2.05, 4.69) is 16.6 Å². The lowest BCUT2D eigenvalue weighted by atomic mass is 10.2. The third-order valence-corrected chi connectivity index (χ3v) is 1.52. The molecule has 1 heterocycles. The Hall–Kier alpha value is -1.44. The molecule has 62 valence electrons. The van der Waals surface area contributed by atoms with Gasteiger partial charge in [0.05, 0.1) is 5.35 Å². The van der Waals surface area contributed by atoms with E-state index < -0.39 is 0 Å². The van der Waals surface area contributed by atoms with Crippen LogP contribution in [0.3, 0.4) is 0 Å². The number of rotatable bonds is 1. The van der Waals surface area contributed by atoms with Crippen LogP contribution in [-0.4, -0.2) is 18.2 Å². The second kappa shape index (κ2) is 3.81.